The second kappa shape index (κ2) is 11.0. The molecule has 172 valence electrons. The molecule has 0 aliphatic carbocycles. The molecule has 0 saturated carbocycles. The lowest BCUT2D eigenvalue weighted by Gasteiger charge is -2.22. The lowest BCUT2D eigenvalue weighted by atomic mass is 10.1. The van der Waals surface area contributed by atoms with Crippen LogP contribution in [0, 0.1) is 0 Å². The summed E-state index contributed by atoms with van der Waals surface area (Å²) in [6, 6.07) is 6.06. The van der Waals surface area contributed by atoms with Crippen molar-refractivity contribution < 1.29 is 23.6 Å². The zero-order chi connectivity index (χ0) is 23.1. The second-order valence-corrected chi connectivity index (χ2v) is 8.08. The molecule has 1 aliphatic rings. The molecule has 0 bridgehead atoms. The quantitative estimate of drug-likeness (QED) is 0.708. The summed E-state index contributed by atoms with van der Waals surface area (Å²) in [5.74, 6) is -0.520. The number of carbonyl (C=O) groups is 3. The SMILES string of the molecule is CCc1cc(C(=O)N2CCCCNC(=O)c3cc(Cl)ccc3OC[C@@H](C)NC(=O)C2)on1. The molecule has 1 aromatic carbocycles. The maximum absolute atomic E-state index is 12.9. The van der Waals surface area contributed by atoms with E-state index < -0.39 is 5.91 Å². The molecular weight excluding hydrogens is 436 g/mol. The first-order chi connectivity index (χ1) is 15.4. The van der Waals surface area contributed by atoms with Gasteiger partial charge in [-0.2, -0.15) is 0 Å². The highest BCUT2D eigenvalue weighted by atomic mass is 35.5. The highest BCUT2D eigenvalue weighted by Crippen LogP contribution is 2.23. The van der Waals surface area contributed by atoms with Crippen molar-refractivity contribution >= 4 is 29.3 Å². The van der Waals surface area contributed by atoms with Crippen molar-refractivity contribution in [2.75, 3.05) is 26.2 Å². The van der Waals surface area contributed by atoms with Crippen molar-refractivity contribution in [2.24, 2.45) is 0 Å². The molecule has 0 fully saturated rings. The summed E-state index contributed by atoms with van der Waals surface area (Å²) in [6.07, 6.45) is 1.84. The smallest absolute Gasteiger partial charge is 0.292 e. The average Bonchev–Trinajstić information content (AvgIpc) is 3.25. The van der Waals surface area contributed by atoms with Crippen LogP contribution in [0.4, 0.5) is 0 Å². The Bertz CT molecular complexity index is 977. The van der Waals surface area contributed by atoms with Gasteiger partial charge in [-0.15, -0.1) is 0 Å². The number of hydrogen-bond donors (Lipinski definition) is 2. The van der Waals surface area contributed by atoms with E-state index in [2.05, 4.69) is 15.8 Å². The standard InChI is InChI=1S/C22H27ClN4O5/c1-3-16-11-19(32-26-16)22(30)27-9-5-4-8-24-21(29)17-10-15(23)6-7-18(17)31-13-14(2)25-20(28)12-27/h6-7,10-11,14H,3-5,8-9,12-13H2,1-2H3,(H,24,29)(H,25,28)/t14-/m1/s1. The van der Waals surface area contributed by atoms with E-state index in [1.807, 2.05) is 6.92 Å². The Kier molecular flexibility index (Phi) is 8.10. The Morgan fingerprint density at radius 3 is 2.84 bits per heavy atom. The summed E-state index contributed by atoms with van der Waals surface area (Å²) in [6.45, 7) is 4.44. The van der Waals surface area contributed by atoms with Gasteiger partial charge in [-0.3, -0.25) is 14.4 Å². The Morgan fingerprint density at radius 2 is 2.09 bits per heavy atom. The fourth-order valence-electron chi connectivity index (χ4n) is 3.27. The van der Waals surface area contributed by atoms with Crippen LogP contribution in [0.3, 0.4) is 0 Å². The fraction of sp³-hybridized carbons (Fsp3) is 0.455. The third-order valence-corrected chi connectivity index (χ3v) is 5.21. The minimum absolute atomic E-state index is 0.101. The van der Waals surface area contributed by atoms with Gasteiger partial charge in [0.2, 0.25) is 11.7 Å². The number of aryl methyl sites for hydroxylation is 1. The predicted molar refractivity (Wildman–Crippen MR) is 118 cm³/mol. The summed E-state index contributed by atoms with van der Waals surface area (Å²) >= 11 is 6.05. The molecule has 2 N–H and O–H groups in total. The molecule has 1 aromatic heterocycles. The first-order valence-corrected chi connectivity index (χ1v) is 11.0. The van der Waals surface area contributed by atoms with Crippen LogP contribution < -0.4 is 15.4 Å². The molecule has 9 nitrogen and oxygen atoms in total. The van der Waals surface area contributed by atoms with Crippen LogP contribution in [0.5, 0.6) is 5.75 Å². The van der Waals surface area contributed by atoms with E-state index in [0.29, 0.717) is 54.4 Å². The largest absolute Gasteiger partial charge is 0.491 e. The number of amides is 3. The summed E-state index contributed by atoms with van der Waals surface area (Å²) in [5, 5.41) is 9.96. The first kappa shape index (κ1) is 23.6. The average molecular weight is 463 g/mol. The predicted octanol–water partition coefficient (Wildman–Crippen LogP) is 2.44. The molecule has 0 radical (unpaired) electrons. The van der Waals surface area contributed by atoms with Crippen molar-refractivity contribution in [3.63, 3.8) is 0 Å². The van der Waals surface area contributed by atoms with Gasteiger partial charge in [-0.25, -0.2) is 0 Å². The molecule has 32 heavy (non-hydrogen) atoms. The molecule has 0 unspecified atom stereocenters. The van der Waals surface area contributed by atoms with Gasteiger partial charge in [0.15, 0.2) is 0 Å². The molecule has 1 atom stereocenters. The number of fused-ring (bicyclic) bond motifs is 1. The maximum Gasteiger partial charge on any atom is 0.292 e. The third kappa shape index (κ3) is 6.23. The minimum atomic E-state index is -0.397. The normalized spacial score (nSPS) is 18.5. The summed E-state index contributed by atoms with van der Waals surface area (Å²) in [4.78, 5) is 39.5. The molecule has 2 aromatic rings. The van der Waals surface area contributed by atoms with Crippen molar-refractivity contribution in [1.82, 2.24) is 20.7 Å². The van der Waals surface area contributed by atoms with Crippen LogP contribution in [0.2, 0.25) is 5.02 Å². The van der Waals surface area contributed by atoms with E-state index >= 15 is 0 Å². The van der Waals surface area contributed by atoms with Gasteiger partial charge in [-0.05, 0) is 44.4 Å². The minimum Gasteiger partial charge on any atom is -0.491 e. The van der Waals surface area contributed by atoms with Gasteiger partial charge >= 0.3 is 0 Å². The van der Waals surface area contributed by atoms with E-state index in [0.717, 1.165) is 0 Å². The van der Waals surface area contributed by atoms with Gasteiger partial charge in [0, 0.05) is 24.2 Å². The maximum atomic E-state index is 12.9. The number of nitrogens with one attached hydrogen (secondary N) is 2. The molecular formula is C22H27ClN4O5. The number of rotatable bonds is 2. The van der Waals surface area contributed by atoms with E-state index in [9.17, 15) is 14.4 Å². The second-order valence-electron chi connectivity index (χ2n) is 7.65. The van der Waals surface area contributed by atoms with Crippen LogP contribution >= 0.6 is 11.6 Å². The number of hydrogen-bond acceptors (Lipinski definition) is 6. The third-order valence-electron chi connectivity index (χ3n) is 4.98. The number of benzene rings is 1. The van der Waals surface area contributed by atoms with Gasteiger partial charge in [0.05, 0.1) is 23.8 Å². The molecule has 3 rings (SSSR count). The lowest BCUT2D eigenvalue weighted by Crippen LogP contribution is -2.45. The van der Waals surface area contributed by atoms with Gasteiger partial charge in [0.1, 0.15) is 12.4 Å². The van der Waals surface area contributed by atoms with Crippen LogP contribution in [-0.4, -0.2) is 60.1 Å². The highest BCUT2D eigenvalue weighted by molar-refractivity contribution is 6.31. The summed E-state index contributed by atoms with van der Waals surface area (Å²) in [5.41, 5.74) is 1.00. The van der Waals surface area contributed by atoms with E-state index in [-0.39, 0.29) is 36.8 Å². The number of halogens is 1. The zero-order valence-corrected chi connectivity index (χ0v) is 18.9. The van der Waals surface area contributed by atoms with Crippen molar-refractivity contribution in [3.8, 4) is 5.75 Å². The van der Waals surface area contributed by atoms with Gasteiger partial charge < -0.3 is 24.8 Å². The van der Waals surface area contributed by atoms with Crippen molar-refractivity contribution in [3.05, 3.63) is 46.3 Å². The molecule has 0 saturated heterocycles. The molecule has 1 aliphatic heterocycles. The fourth-order valence-corrected chi connectivity index (χ4v) is 3.44. The summed E-state index contributed by atoms with van der Waals surface area (Å²) in [7, 11) is 0. The molecule has 10 heteroatoms. The molecule has 2 heterocycles. The lowest BCUT2D eigenvalue weighted by molar-refractivity contribution is -0.122. The van der Waals surface area contributed by atoms with E-state index in [1.165, 1.54) is 4.90 Å². The monoisotopic (exact) mass is 462 g/mol. The Morgan fingerprint density at radius 1 is 1.28 bits per heavy atom. The first-order valence-electron chi connectivity index (χ1n) is 10.6. The Balaban J connectivity index is 1.74. The molecule has 0 spiro atoms. The van der Waals surface area contributed by atoms with Gasteiger partial charge in [-0.1, -0.05) is 23.7 Å². The van der Waals surface area contributed by atoms with E-state index in [4.69, 9.17) is 20.9 Å². The van der Waals surface area contributed by atoms with Crippen LogP contribution in [-0.2, 0) is 11.2 Å². The van der Waals surface area contributed by atoms with Gasteiger partial charge in [0.25, 0.3) is 11.8 Å². The Labute approximate surface area is 191 Å². The topological polar surface area (TPSA) is 114 Å². The van der Waals surface area contributed by atoms with Crippen LogP contribution in [0.15, 0.2) is 28.8 Å². The van der Waals surface area contributed by atoms with E-state index in [1.54, 1.807) is 31.2 Å². The number of nitrogens with zero attached hydrogens (tertiary/aromatic N) is 2. The van der Waals surface area contributed by atoms with Crippen molar-refractivity contribution in [1.29, 1.82) is 0 Å². The molecule has 3 amide bonds. The number of aromatic nitrogens is 1. The van der Waals surface area contributed by atoms with Crippen LogP contribution in [0.1, 0.15) is 53.3 Å². The zero-order valence-electron chi connectivity index (χ0n) is 18.2. The number of carbonyl (C=O) groups excluding carboxylic acids is 3. The van der Waals surface area contributed by atoms with Crippen LogP contribution in [0.25, 0.3) is 0 Å². The number of ether oxygens (including phenoxy) is 1. The van der Waals surface area contributed by atoms with Crippen molar-refractivity contribution in [2.45, 2.75) is 39.2 Å². The Hall–Kier alpha value is -3.07. The summed E-state index contributed by atoms with van der Waals surface area (Å²) < 4.78 is 10.9. The highest BCUT2D eigenvalue weighted by Gasteiger charge is 2.24.